The minimum atomic E-state index is -0.497. The lowest BCUT2D eigenvalue weighted by Gasteiger charge is -2.40. The molecular weight excluding hydrogens is 502 g/mol. The van der Waals surface area contributed by atoms with Crippen LogP contribution >= 0.6 is 0 Å². The monoisotopic (exact) mass is 537 g/mol. The van der Waals surface area contributed by atoms with E-state index in [1.165, 1.54) is 12.8 Å². The number of amides is 2. The Morgan fingerprint density at radius 2 is 1.93 bits per heavy atom. The van der Waals surface area contributed by atoms with Gasteiger partial charge in [-0.1, -0.05) is 36.4 Å². The van der Waals surface area contributed by atoms with E-state index in [1.54, 1.807) is 22.8 Å². The second kappa shape index (κ2) is 10.8. The molecule has 2 amide bonds. The van der Waals surface area contributed by atoms with Crippen molar-refractivity contribution >= 4 is 39.9 Å². The zero-order valence-electron chi connectivity index (χ0n) is 23.2. The van der Waals surface area contributed by atoms with Gasteiger partial charge in [0, 0.05) is 41.9 Å². The highest BCUT2D eigenvalue weighted by atomic mass is 16.6. The van der Waals surface area contributed by atoms with Gasteiger partial charge in [-0.15, -0.1) is 0 Å². The topological polar surface area (TPSA) is 86.8 Å². The fourth-order valence-electron chi connectivity index (χ4n) is 5.54. The van der Waals surface area contributed by atoms with E-state index >= 15 is 0 Å². The predicted octanol–water partition coefficient (Wildman–Crippen LogP) is 6.01. The molecule has 1 saturated carbocycles. The number of hydrazine groups is 1. The number of pyridine rings is 1. The Morgan fingerprint density at radius 3 is 2.73 bits per heavy atom. The summed E-state index contributed by atoms with van der Waals surface area (Å²) < 4.78 is 5.99. The molecular formula is C32H35N5O3. The van der Waals surface area contributed by atoms with Crippen molar-refractivity contribution in [2.24, 2.45) is 0 Å². The first-order valence-electron chi connectivity index (χ1n) is 14.1. The fourth-order valence-corrected chi connectivity index (χ4v) is 5.54. The van der Waals surface area contributed by atoms with Crippen LogP contribution < -0.4 is 25.4 Å². The zero-order valence-corrected chi connectivity index (χ0v) is 23.2. The summed E-state index contributed by atoms with van der Waals surface area (Å²) in [5.41, 5.74) is 13.0. The molecule has 1 atom stereocenters. The highest BCUT2D eigenvalue weighted by Crippen LogP contribution is 2.40. The van der Waals surface area contributed by atoms with E-state index < -0.39 is 6.09 Å². The normalized spacial score (nSPS) is 18.9. The van der Waals surface area contributed by atoms with E-state index in [4.69, 9.17) is 4.74 Å². The number of aromatic nitrogens is 1. The Labute approximate surface area is 234 Å². The quantitative estimate of drug-likeness (QED) is 0.388. The molecule has 6 rings (SSSR count). The van der Waals surface area contributed by atoms with Gasteiger partial charge in [0.25, 0.3) is 0 Å². The minimum absolute atomic E-state index is 0.0622. The van der Waals surface area contributed by atoms with Crippen LogP contribution in [0.3, 0.4) is 0 Å². The number of hydrogen-bond donors (Lipinski definition) is 2. The van der Waals surface area contributed by atoms with Crippen molar-refractivity contribution in [3.05, 3.63) is 77.6 Å². The van der Waals surface area contributed by atoms with Crippen molar-refractivity contribution in [1.82, 2.24) is 15.8 Å². The number of rotatable bonds is 5. The third-order valence-electron chi connectivity index (χ3n) is 7.72. The SMILES string of the molecule is CC(=O)N1c2ccc(C3=C(NNC4CC4)CCCC=C3)cc2N(C(=O)Oc2cccc3ccc(C)nc23)C[C@@H]1C. The predicted molar refractivity (Wildman–Crippen MR) is 158 cm³/mol. The molecule has 1 aliphatic heterocycles. The summed E-state index contributed by atoms with van der Waals surface area (Å²) in [6.45, 7) is 5.74. The van der Waals surface area contributed by atoms with E-state index in [-0.39, 0.29) is 11.9 Å². The van der Waals surface area contributed by atoms with Crippen LogP contribution in [0.1, 0.15) is 57.2 Å². The highest BCUT2D eigenvalue weighted by molar-refractivity contribution is 6.04. The number of para-hydroxylation sites is 1. The Balaban J connectivity index is 1.39. The lowest BCUT2D eigenvalue weighted by atomic mass is 9.98. The number of carbonyl (C=O) groups is 2. The van der Waals surface area contributed by atoms with Crippen molar-refractivity contribution in [3.8, 4) is 5.75 Å². The van der Waals surface area contributed by atoms with Crippen LogP contribution in [-0.2, 0) is 4.79 Å². The molecule has 206 valence electrons. The molecule has 0 bridgehead atoms. The number of benzene rings is 2. The fraction of sp³-hybridized carbons (Fsp3) is 0.344. The third-order valence-corrected chi connectivity index (χ3v) is 7.72. The van der Waals surface area contributed by atoms with Gasteiger partial charge in [0.15, 0.2) is 5.75 Å². The van der Waals surface area contributed by atoms with Crippen LogP contribution in [0, 0.1) is 6.92 Å². The van der Waals surface area contributed by atoms with Gasteiger partial charge >= 0.3 is 6.09 Å². The van der Waals surface area contributed by atoms with Gasteiger partial charge in [-0.3, -0.25) is 9.69 Å². The summed E-state index contributed by atoms with van der Waals surface area (Å²) in [6, 6.07) is 15.8. The maximum absolute atomic E-state index is 13.8. The van der Waals surface area contributed by atoms with Crippen LogP contribution in [0.15, 0.2) is 66.4 Å². The highest BCUT2D eigenvalue weighted by Gasteiger charge is 2.35. The minimum Gasteiger partial charge on any atom is -0.408 e. The zero-order chi connectivity index (χ0) is 27.8. The molecule has 3 aliphatic rings. The van der Waals surface area contributed by atoms with Crippen LogP contribution in [0.2, 0.25) is 0 Å². The second-order valence-electron chi connectivity index (χ2n) is 10.9. The molecule has 0 radical (unpaired) electrons. The molecule has 1 aromatic heterocycles. The van der Waals surface area contributed by atoms with Gasteiger partial charge in [-0.05, 0) is 75.8 Å². The number of anilines is 2. The summed E-state index contributed by atoms with van der Waals surface area (Å²) in [7, 11) is 0. The van der Waals surface area contributed by atoms with Gasteiger partial charge in [0.1, 0.15) is 5.52 Å². The third kappa shape index (κ3) is 5.19. The largest absolute Gasteiger partial charge is 0.419 e. The Bertz CT molecular complexity index is 1540. The van der Waals surface area contributed by atoms with Gasteiger partial charge in [0.2, 0.25) is 5.91 Å². The number of ether oxygens (including phenoxy) is 1. The van der Waals surface area contributed by atoms with Gasteiger partial charge in [0.05, 0.1) is 17.4 Å². The van der Waals surface area contributed by atoms with Gasteiger partial charge < -0.3 is 15.1 Å². The summed E-state index contributed by atoms with van der Waals surface area (Å²) in [5.74, 6) is 0.352. The lowest BCUT2D eigenvalue weighted by molar-refractivity contribution is -0.117. The molecule has 2 aliphatic carbocycles. The van der Waals surface area contributed by atoms with E-state index in [0.717, 1.165) is 47.2 Å². The maximum atomic E-state index is 13.8. The average molecular weight is 538 g/mol. The number of allylic oxidation sites excluding steroid dienone is 4. The smallest absolute Gasteiger partial charge is 0.408 e. The van der Waals surface area contributed by atoms with Gasteiger partial charge in [-0.2, -0.15) is 0 Å². The van der Waals surface area contributed by atoms with Crippen molar-refractivity contribution in [2.45, 2.75) is 65.0 Å². The molecule has 40 heavy (non-hydrogen) atoms. The molecule has 3 aromatic rings. The van der Waals surface area contributed by atoms with Crippen LogP contribution in [0.4, 0.5) is 16.2 Å². The molecule has 2 heterocycles. The average Bonchev–Trinajstić information content (AvgIpc) is 3.78. The first kappa shape index (κ1) is 26.1. The maximum Gasteiger partial charge on any atom is 0.419 e. The van der Waals surface area contributed by atoms with Crippen molar-refractivity contribution in [2.75, 3.05) is 16.3 Å². The molecule has 1 fully saturated rings. The summed E-state index contributed by atoms with van der Waals surface area (Å²) >= 11 is 0. The second-order valence-corrected chi connectivity index (χ2v) is 10.9. The molecule has 0 spiro atoms. The number of hydrogen-bond acceptors (Lipinski definition) is 6. The molecule has 8 heteroatoms. The van der Waals surface area contributed by atoms with Crippen LogP contribution in [-0.4, -0.2) is 35.6 Å². The first-order valence-corrected chi connectivity index (χ1v) is 14.1. The number of fused-ring (bicyclic) bond motifs is 2. The summed E-state index contributed by atoms with van der Waals surface area (Å²) in [5, 5.41) is 0.903. The molecule has 2 aromatic carbocycles. The van der Waals surface area contributed by atoms with Crippen molar-refractivity contribution < 1.29 is 14.3 Å². The Kier molecular flexibility index (Phi) is 7.02. The molecule has 0 unspecified atom stereocenters. The Morgan fingerprint density at radius 1 is 1.07 bits per heavy atom. The molecule has 8 nitrogen and oxygen atoms in total. The van der Waals surface area contributed by atoms with E-state index in [0.29, 0.717) is 35.2 Å². The summed E-state index contributed by atoms with van der Waals surface area (Å²) in [6.07, 6.45) is 9.23. The van der Waals surface area contributed by atoms with E-state index in [1.807, 2.05) is 56.3 Å². The Hall–Kier alpha value is -4.17. The van der Waals surface area contributed by atoms with E-state index in [2.05, 4.69) is 28.0 Å². The van der Waals surface area contributed by atoms with Gasteiger partial charge in [-0.25, -0.2) is 15.2 Å². The number of nitrogens with zero attached hydrogens (tertiary/aromatic N) is 3. The first-order chi connectivity index (χ1) is 19.4. The van der Waals surface area contributed by atoms with Crippen molar-refractivity contribution in [1.29, 1.82) is 0 Å². The standard InChI is InChI=1S/C32H35N5O3/c1-20-12-13-23-8-7-11-30(31(23)33-20)40-32(39)36-19-21(2)37(22(3)38)28-17-14-24(18-29(28)36)26-9-5-4-6-10-27(26)35-34-25-15-16-25/h5,7-9,11-14,17-18,21,25,34-35H,4,6,10,15-16,19H2,1-3H3/t21-/m0/s1. The van der Waals surface area contributed by atoms with E-state index in [9.17, 15) is 9.59 Å². The lowest BCUT2D eigenvalue weighted by Crippen LogP contribution is -2.52. The number of carbonyl (C=O) groups excluding carboxylic acids is 2. The molecule has 0 saturated heterocycles. The van der Waals surface area contributed by atoms with Crippen molar-refractivity contribution in [3.63, 3.8) is 0 Å². The summed E-state index contributed by atoms with van der Waals surface area (Å²) in [4.78, 5) is 34.5. The number of nitrogens with one attached hydrogen (secondary N) is 2. The number of aryl methyl sites for hydroxylation is 1. The molecule has 2 N–H and O–H groups in total. The van der Waals surface area contributed by atoms with Crippen LogP contribution in [0.5, 0.6) is 5.75 Å². The van der Waals surface area contributed by atoms with Crippen LogP contribution in [0.25, 0.3) is 16.5 Å².